The number of ketones is 1. The average molecular weight is 262 g/mol. The number of Topliss-reactive ketones (excluding diaryl/α,β-unsaturated/α-hetero) is 1. The van der Waals surface area contributed by atoms with Crippen LogP contribution in [0.15, 0.2) is 0 Å². The number of aliphatic carboxylic acids is 1. The van der Waals surface area contributed by atoms with Gasteiger partial charge < -0.3 is 12.7 Å². The fourth-order valence-electron chi connectivity index (χ4n) is 0.975. The minimum Gasteiger partial charge on any atom is -0.481 e. The van der Waals surface area contributed by atoms with Crippen molar-refractivity contribution in [2.24, 2.45) is 0 Å². The van der Waals surface area contributed by atoms with Crippen LogP contribution < -0.4 is 0 Å². The lowest BCUT2D eigenvalue weighted by atomic mass is 10.3. The van der Waals surface area contributed by atoms with Crippen LogP contribution in [0.4, 0.5) is 0 Å². The van der Waals surface area contributed by atoms with E-state index in [1.54, 1.807) is 0 Å². The van der Waals surface area contributed by atoms with E-state index in [1.165, 1.54) is 6.92 Å². The molecular formula is C11H23AlO5. The Balaban J connectivity index is 0. The molecule has 0 unspecified atom stereocenters. The smallest absolute Gasteiger partial charge is 0.481 e. The van der Waals surface area contributed by atoms with Crippen LogP contribution in [0.5, 0.6) is 0 Å². The third kappa shape index (κ3) is 15.6. The molecule has 0 aliphatic heterocycles. The van der Waals surface area contributed by atoms with Crippen LogP contribution in [-0.4, -0.2) is 44.9 Å². The van der Waals surface area contributed by atoms with Crippen LogP contribution >= 0.6 is 0 Å². The van der Waals surface area contributed by atoms with Gasteiger partial charge >= 0.3 is 20.8 Å². The van der Waals surface area contributed by atoms with Crippen LogP contribution in [-0.2, 0) is 17.2 Å². The summed E-state index contributed by atoms with van der Waals surface area (Å²) in [6, 6.07) is 0. The maximum Gasteiger partial charge on any atom is 0.677 e. The van der Waals surface area contributed by atoms with E-state index in [2.05, 4.69) is 13.8 Å². The second-order valence-electron chi connectivity index (χ2n) is 3.80. The van der Waals surface area contributed by atoms with Gasteiger partial charge in [-0.25, -0.2) is 0 Å². The molecule has 0 fully saturated rings. The highest BCUT2D eigenvalue weighted by atomic mass is 27.2. The lowest BCUT2D eigenvalue weighted by molar-refractivity contribution is -0.139. The van der Waals surface area contributed by atoms with Crippen molar-refractivity contribution in [1.29, 1.82) is 0 Å². The van der Waals surface area contributed by atoms with E-state index >= 15 is 0 Å². The molecule has 0 rings (SSSR count). The van der Waals surface area contributed by atoms with E-state index in [0.717, 1.165) is 13.2 Å². The third-order valence-electron chi connectivity index (χ3n) is 1.61. The fraction of sp³-hybridized carbons (Fsp3) is 0.818. The Hall–Kier alpha value is -0.408. The van der Waals surface area contributed by atoms with Crippen LogP contribution in [0.25, 0.3) is 0 Å². The maximum absolute atomic E-state index is 9.87. The van der Waals surface area contributed by atoms with Gasteiger partial charge in [0, 0.05) is 13.2 Å². The molecule has 6 heteroatoms. The second kappa shape index (κ2) is 12.1. The zero-order valence-corrected chi connectivity index (χ0v) is 12.5. The van der Waals surface area contributed by atoms with Gasteiger partial charge in [-0.15, -0.1) is 0 Å². The zero-order valence-electron chi connectivity index (χ0n) is 11.4. The van der Waals surface area contributed by atoms with Gasteiger partial charge in [-0.05, 0) is 25.6 Å². The normalized spacial score (nSPS) is 9.53. The van der Waals surface area contributed by atoms with E-state index in [0.29, 0.717) is 4.78 Å². The van der Waals surface area contributed by atoms with Crippen LogP contribution in [0.3, 0.4) is 0 Å². The summed E-state index contributed by atoms with van der Waals surface area (Å²) in [5.74, 6) is -1.37. The molecule has 0 aromatic carbocycles. The lowest BCUT2D eigenvalue weighted by Crippen LogP contribution is -2.26. The Kier molecular flexibility index (Phi) is 13.4. The van der Waals surface area contributed by atoms with Crippen molar-refractivity contribution in [1.82, 2.24) is 0 Å². The van der Waals surface area contributed by atoms with Crippen LogP contribution in [0.1, 0.15) is 41.0 Å². The van der Waals surface area contributed by atoms with E-state index in [1.807, 2.05) is 13.8 Å². The maximum atomic E-state index is 9.87. The first-order valence-electron chi connectivity index (χ1n) is 5.79. The first kappa shape index (κ1) is 18.9. The van der Waals surface area contributed by atoms with Gasteiger partial charge in [0.25, 0.3) is 0 Å². The van der Waals surface area contributed by atoms with Crippen molar-refractivity contribution in [3.05, 3.63) is 0 Å². The molecule has 0 spiro atoms. The Bertz CT molecular complexity index is 200. The summed E-state index contributed by atoms with van der Waals surface area (Å²) in [7, 11) is 0. The van der Waals surface area contributed by atoms with Crippen molar-refractivity contribution >= 4 is 26.6 Å². The molecule has 0 aromatic heterocycles. The third-order valence-corrected chi connectivity index (χ3v) is 4.02. The number of hydrogen-bond donors (Lipinski definition) is 1. The van der Waals surface area contributed by atoms with Crippen molar-refractivity contribution < 1.29 is 22.3 Å². The predicted molar refractivity (Wildman–Crippen MR) is 67.0 cm³/mol. The topological polar surface area (TPSA) is 72.8 Å². The predicted octanol–water partition coefficient (Wildman–Crippen LogP) is 2.01. The SMILES string of the molecule is CC(=O)CC(=O)O.CC[O][Al]([O]CC)[CH](C)C. The van der Waals surface area contributed by atoms with E-state index in [4.69, 9.17) is 12.7 Å². The highest BCUT2D eigenvalue weighted by Crippen LogP contribution is 2.09. The van der Waals surface area contributed by atoms with Gasteiger partial charge in [-0.2, -0.15) is 0 Å². The zero-order chi connectivity index (χ0) is 13.8. The van der Waals surface area contributed by atoms with E-state index < -0.39 is 20.8 Å². The number of rotatable bonds is 7. The molecule has 0 heterocycles. The first-order chi connectivity index (χ1) is 7.84. The number of carbonyl (C=O) groups is 2. The summed E-state index contributed by atoms with van der Waals surface area (Å²) in [4.78, 5) is 19.5. The quantitative estimate of drug-likeness (QED) is 0.561. The van der Waals surface area contributed by atoms with Gasteiger partial charge in [0.05, 0.1) is 0 Å². The van der Waals surface area contributed by atoms with Crippen LogP contribution in [0.2, 0.25) is 4.78 Å². The van der Waals surface area contributed by atoms with E-state index in [9.17, 15) is 9.59 Å². The monoisotopic (exact) mass is 262 g/mol. The molecule has 1 N–H and O–H groups in total. The van der Waals surface area contributed by atoms with Crippen molar-refractivity contribution in [3.8, 4) is 0 Å². The van der Waals surface area contributed by atoms with Gasteiger partial charge in [-0.3, -0.25) is 9.59 Å². The molecule has 17 heavy (non-hydrogen) atoms. The van der Waals surface area contributed by atoms with Gasteiger partial charge in [0.15, 0.2) is 0 Å². The van der Waals surface area contributed by atoms with Crippen LogP contribution in [0, 0.1) is 0 Å². The molecular weight excluding hydrogens is 239 g/mol. The number of carboxylic acid groups (broad SMARTS) is 1. The number of carbonyl (C=O) groups excluding carboxylic acids is 1. The van der Waals surface area contributed by atoms with Crippen molar-refractivity contribution in [2.45, 2.75) is 45.8 Å². The average Bonchev–Trinajstić information content (AvgIpc) is 2.16. The van der Waals surface area contributed by atoms with E-state index in [-0.39, 0.29) is 12.2 Å². The summed E-state index contributed by atoms with van der Waals surface area (Å²) in [5.41, 5.74) is 0. The molecule has 100 valence electrons. The second-order valence-corrected chi connectivity index (χ2v) is 6.53. The largest absolute Gasteiger partial charge is 0.677 e. The lowest BCUT2D eigenvalue weighted by Gasteiger charge is -2.13. The molecule has 0 aliphatic carbocycles. The Labute approximate surface area is 108 Å². The van der Waals surface area contributed by atoms with Gasteiger partial charge in [0.2, 0.25) is 0 Å². The summed E-state index contributed by atoms with van der Waals surface area (Å²) >= 11 is -1.31. The molecule has 0 atom stereocenters. The Morgan fingerprint density at radius 3 is 1.71 bits per heavy atom. The molecule has 0 aromatic rings. The van der Waals surface area contributed by atoms with Gasteiger partial charge in [0.1, 0.15) is 12.2 Å². The molecule has 5 nitrogen and oxygen atoms in total. The standard InChI is InChI=1S/C4H6O3.C3H7.2C2H5O.Al/c1-3(5)2-4(6)7;1-3-2;2*1-2-3;/h2H2,1H3,(H,6,7);3H,1-2H3;2*2H2,1H3;/q;;2*-1;+2. The molecule has 0 amide bonds. The summed E-state index contributed by atoms with van der Waals surface area (Å²) < 4.78 is 11.5. The minimum atomic E-state index is -1.31. The molecule has 0 bridgehead atoms. The highest BCUT2D eigenvalue weighted by molar-refractivity contribution is 6.46. The number of carboxylic acids is 1. The summed E-state index contributed by atoms with van der Waals surface area (Å²) in [6.07, 6.45) is -0.361. The number of hydrogen-bond acceptors (Lipinski definition) is 4. The fourth-order valence-corrected chi connectivity index (χ4v) is 2.50. The minimum absolute atomic E-state index is 0.312. The van der Waals surface area contributed by atoms with Crippen molar-refractivity contribution in [2.75, 3.05) is 13.2 Å². The Morgan fingerprint density at radius 1 is 1.18 bits per heavy atom. The summed E-state index contributed by atoms with van der Waals surface area (Å²) in [5, 5.41) is 7.86. The van der Waals surface area contributed by atoms with Gasteiger partial charge in [-0.1, -0.05) is 13.8 Å². The molecule has 0 saturated carbocycles. The Morgan fingerprint density at radius 2 is 1.59 bits per heavy atom. The summed E-state index contributed by atoms with van der Waals surface area (Å²) in [6.45, 7) is 11.2. The highest BCUT2D eigenvalue weighted by Gasteiger charge is 2.28. The molecule has 0 saturated heterocycles. The first-order valence-corrected chi connectivity index (χ1v) is 7.40. The van der Waals surface area contributed by atoms with Crippen molar-refractivity contribution in [3.63, 3.8) is 0 Å². The molecule has 0 radical (unpaired) electrons. The molecule has 0 aliphatic rings.